The van der Waals surface area contributed by atoms with E-state index in [1.165, 1.54) is 12.1 Å². The van der Waals surface area contributed by atoms with E-state index in [9.17, 15) is 9.60 Å². The van der Waals surface area contributed by atoms with Gasteiger partial charge in [0.15, 0.2) is 11.5 Å². The van der Waals surface area contributed by atoms with Gasteiger partial charge in [-0.1, -0.05) is 16.8 Å². The fourth-order valence-corrected chi connectivity index (χ4v) is 3.22. The van der Waals surface area contributed by atoms with Crippen LogP contribution in [-0.4, -0.2) is 64.6 Å². The van der Waals surface area contributed by atoms with E-state index in [0.29, 0.717) is 10.8 Å². The molecule has 3 rings (SSSR count). The van der Waals surface area contributed by atoms with Crippen molar-refractivity contribution >= 4 is 23.1 Å². The molecule has 1 saturated heterocycles. The highest BCUT2D eigenvalue weighted by molar-refractivity contribution is 6.31. The summed E-state index contributed by atoms with van der Waals surface area (Å²) in [6, 6.07) is 3.61. The first-order chi connectivity index (χ1) is 13.8. The Labute approximate surface area is 172 Å². The largest absolute Gasteiger partial charge is 0.379 e. The number of amidine groups is 1. The zero-order chi connectivity index (χ0) is 21.0. The maximum Gasteiger partial charge on any atom is 0.182 e. The molecule has 3 N–H and O–H groups in total. The van der Waals surface area contributed by atoms with E-state index in [1.54, 1.807) is 0 Å². The van der Waals surface area contributed by atoms with Crippen LogP contribution in [0.25, 0.3) is 0 Å². The van der Waals surface area contributed by atoms with Crippen LogP contribution >= 0.6 is 11.6 Å². The summed E-state index contributed by atoms with van der Waals surface area (Å²) in [5.74, 6) is -0.984. The lowest BCUT2D eigenvalue weighted by molar-refractivity contribution is 0.0268. The topological polar surface area (TPSA) is 111 Å². The van der Waals surface area contributed by atoms with Crippen molar-refractivity contribution in [3.05, 3.63) is 40.4 Å². The monoisotopic (exact) mass is 426 g/mol. The number of ether oxygens (including phenoxy) is 1. The predicted molar refractivity (Wildman–Crippen MR) is 105 cm³/mol. The highest BCUT2D eigenvalue weighted by Crippen LogP contribution is 2.23. The number of rotatable bonds is 7. The summed E-state index contributed by atoms with van der Waals surface area (Å²) in [5, 5.41) is 29.9. The second-order valence-electron chi connectivity index (χ2n) is 7.44. The van der Waals surface area contributed by atoms with Crippen molar-refractivity contribution in [1.82, 2.24) is 20.5 Å². The fourth-order valence-electron chi connectivity index (χ4n) is 3.05. The van der Waals surface area contributed by atoms with Gasteiger partial charge in [-0.25, -0.2) is 14.1 Å². The van der Waals surface area contributed by atoms with Crippen LogP contribution in [0, 0.1) is 11.2 Å². The molecule has 1 aliphatic heterocycles. The number of benzene rings is 1. The molecular formula is C18H24ClFN6O3. The van der Waals surface area contributed by atoms with Crippen molar-refractivity contribution < 1.29 is 19.0 Å². The van der Waals surface area contributed by atoms with Crippen molar-refractivity contribution in [2.45, 2.75) is 25.9 Å². The number of hydrogen-bond donors (Lipinski definition) is 3. The molecule has 1 aromatic carbocycles. The van der Waals surface area contributed by atoms with E-state index in [-0.39, 0.29) is 34.3 Å². The zero-order valence-electron chi connectivity index (χ0n) is 16.3. The molecule has 0 saturated carbocycles. The lowest BCUT2D eigenvalue weighted by Crippen LogP contribution is -2.51. The third-order valence-corrected chi connectivity index (χ3v) is 4.89. The van der Waals surface area contributed by atoms with Crippen LogP contribution in [0.5, 0.6) is 0 Å². The molecule has 0 aliphatic carbocycles. The van der Waals surface area contributed by atoms with Crippen molar-refractivity contribution in [2.75, 3.05) is 37.9 Å². The van der Waals surface area contributed by atoms with Crippen molar-refractivity contribution in [1.29, 1.82) is 5.41 Å². The van der Waals surface area contributed by atoms with Crippen LogP contribution in [0.15, 0.2) is 22.8 Å². The average Bonchev–Trinajstić information content (AvgIpc) is 3.16. The lowest BCUT2D eigenvalue weighted by atomic mass is 10.0. The molecule has 0 bridgehead atoms. The smallest absolute Gasteiger partial charge is 0.182 e. The number of nitrogens with zero attached hydrogens (tertiary/aromatic N) is 4. The summed E-state index contributed by atoms with van der Waals surface area (Å²) in [6.07, 6.45) is 0. The van der Waals surface area contributed by atoms with Gasteiger partial charge in [0.05, 0.1) is 23.9 Å². The molecular weight excluding hydrogens is 403 g/mol. The molecule has 1 aliphatic rings. The SMILES string of the molecule is CC(C)(CN1CCOCC1)NCc1nonc1C(=N)N(O)c1ccc(F)c(Cl)c1. The molecule has 0 amide bonds. The van der Waals surface area contributed by atoms with Gasteiger partial charge in [0.25, 0.3) is 0 Å². The number of hydrogen-bond acceptors (Lipinski definition) is 8. The van der Waals surface area contributed by atoms with E-state index < -0.39 is 5.82 Å². The molecule has 1 fully saturated rings. The third kappa shape index (κ3) is 5.49. The van der Waals surface area contributed by atoms with Gasteiger partial charge in [-0.2, -0.15) is 0 Å². The average molecular weight is 427 g/mol. The third-order valence-electron chi connectivity index (χ3n) is 4.60. The Morgan fingerprint density at radius 1 is 1.38 bits per heavy atom. The maximum atomic E-state index is 13.3. The zero-order valence-corrected chi connectivity index (χ0v) is 17.0. The number of anilines is 1. The Morgan fingerprint density at radius 3 is 2.79 bits per heavy atom. The maximum absolute atomic E-state index is 13.3. The predicted octanol–water partition coefficient (Wildman–Crippen LogP) is 2.28. The van der Waals surface area contributed by atoms with Gasteiger partial charge in [-0.15, -0.1) is 0 Å². The highest BCUT2D eigenvalue weighted by atomic mass is 35.5. The van der Waals surface area contributed by atoms with Gasteiger partial charge < -0.3 is 10.1 Å². The number of hydroxylamine groups is 1. The van der Waals surface area contributed by atoms with Gasteiger partial charge >= 0.3 is 0 Å². The Bertz CT molecular complexity index is 856. The van der Waals surface area contributed by atoms with E-state index in [4.69, 9.17) is 26.4 Å². The normalized spacial score (nSPS) is 15.5. The molecule has 2 heterocycles. The van der Waals surface area contributed by atoms with E-state index in [0.717, 1.165) is 38.9 Å². The van der Waals surface area contributed by atoms with E-state index in [2.05, 4.69) is 34.4 Å². The van der Waals surface area contributed by atoms with Crippen LogP contribution in [0.3, 0.4) is 0 Å². The molecule has 1 aromatic heterocycles. The Kier molecular flexibility index (Phi) is 6.81. The second-order valence-corrected chi connectivity index (χ2v) is 7.85. The Hall–Kier alpha value is -2.11. The molecule has 9 nitrogen and oxygen atoms in total. The fraction of sp³-hybridized carbons (Fsp3) is 0.500. The van der Waals surface area contributed by atoms with Crippen molar-refractivity contribution in [3.63, 3.8) is 0 Å². The van der Waals surface area contributed by atoms with Crippen molar-refractivity contribution in [3.8, 4) is 0 Å². The van der Waals surface area contributed by atoms with Crippen LogP contribution in [0.1, 0.15) is 25.2 Å². The minimum absolute atomic E-state index is 0.0719. The summed E-state index contributed by atoms with van der Waals surface area (Å²) < 4.78 is 23.5. The molecule has 2 aromatic rings. The molecule has 0 radical (unpaired) electrons. The van der Waals surface area contributed by atoms with Crippen molar-refractivity contribution in [2.24, 2.45) is 0 Å². The highest BCUT2D eigenvalue weighted by Gasteiger charge is 2.26. The van der Waals surface area contributed by atoms with Crippen LogP contribution in [0.4, 0.5) is 10.1 Å². The van der Waals surface area contributed by atoms with Gasteiger partial charge in [-0.3, -0.25) is 15.5 Å². The first-order valence-electron chi connectivity index (χ1n) is 9.16. The minimum atomic E-state index is -0.620. The van der Waals surface area contributed by atoms with Gasteiger partial charge in [0.2, 0.25) is 0 Å². The first-order valence-corrected chi connectivity index (χ1v) is 9.54. The summed E-state index contributed by atoms with van der Waals surface area (Å²) in [7, 11) is 0. The Morgan fingerprint density at radius 2 is 2.10 bits per heavy atom. The molecule has 29 heavy (non-hydrogen) atoms. The first kappa shape index (κ1) is 21.6. The standard InChI is InChI=1S/C18H24ClFN6O3/c1-18(2,11-25-5-7-28-8-6-25)22-10-15-16(24-29-23-15)17(21)26(27)12-3-4-14(20)13(19)9-12/h3-4,9,21-22,27H,5-8,10-11H2,1-2H3. The Balaban J connectivity index is 1.64. The summed E-state index contributed by atoms with van der Waals surface area (Å²) >= 11 is 5.75. The molecule has 11 heteroatoms. The number of halogens is 2. The van der Waals surface area contributed by atoms with Crippen LogP contribution < -0.4 is 10.4 Å². The summed E-state index contributed by atoms with van der Waals surface area (Å²) in [4.78, 5) is 2.31. The van der Waals surface area contributed by atoms with E-state index >= 15 is 0 Å². The minimum Gasteiger partial charge on any atom is -0.379 e. The number of morpholine rings is 1. The second kappa shape index (κ2) is 9.14. The summed E-state index contributed by atoms with van der Waals surface area (Å²) in [5.41, 5.74) is 0.329. The van der Waals surface area contributed by atoms with Gasteiger partial charge in [-0.05, 0) is 37.2 Å². The molecule has 0 unspecified atom stereocenters. The van der Waals surface area contributed by atoms with Crippen LogP contribution in [-0.2, 0) is 11.3 Å². The van der Waals surface area contributed by atoms with Gasteiger partial charge in [0, 0.05) is 31.7 Å². The quantitative estimate of drug-likeness (QED) is 0.351. The lowest BCUT2D eigenvalue weighted by Gasteiger charge is -2.35. The molecule has 0 spiro atoms. The molecule has 158 valence electrons. The summed E-state index contributed by atoms with van der Waals surface area (Å²) in [6.45, 7) is 8.46. The molecule has 0 atom stereocenters. The van der Waals surface area contributed by atoms with Gasteiger partial charge in [0.1, 0.15) is 11.5 Å². The number of nitrogens with one attached hydrogen (secondary N) is 2. The van der Waals surface area contributed by atoms with Crippen LogP contribution in [0.2, 0.25) is 5.02 Å². The van der Waals surface area contributed by atoms with E-state index in [1.807, 2.05) is 0 Å². The number of aromatic nitrogens is 2.